The molecule has 0 aliphatic heterocycles. The molecule has 0 fully saturated rings. The lowest BCUT2D eigenvalue weighted by Crippen LogP contribution is -2.15. The predicted octanol–water partition coefficient (Wildman–Crippen LogP) is 1.23. The van der Waals surface area contributed by atoms with Crippen molar-refractivity contribution in [3.8, 4) is 0 Å². The van der Waals surface area contributed by atoms with E-state index in [1.165, 1.54) is 0 Å². The molecule has 2 aromatic rings. The summed E-state index contributed by atoms with van der Waals surface area (Å²) in [5, 5.41) is 0.823. The van der Waals surface area contributed by atoms with Crippen molar-refractivity contribution < 1.29 is 9.59 Å². The summed E-state index contributed by atoms with van der Waals surface area (Å²) in [6, 6.07) is 7.43. The lowest BCUT2D eigenvalue weighted by molar-refractivity contribution is -0.117. The van der Waals surface area contributed by atoms with Crippen LogP contribution in [0.4, 0.5) is 0 Å². The highest BCUT2D eigenvalue weighted by atomic mass is 16.2. The standard InChI is InChI=1S/C11H10N2O2/c12-11(15)5-10(14)8-6-13-9-4-2-1-3-7(8)9/h1-4,6,13H,5H2,(H2,12,15). The number of hydrogen-bond acceptors (Lipinski definition) is 2. The van der Waals surface area contributed by atoms with E-state index < -0.39 is 5.91 Å². The molecule has 0 saturated carbocycles. The fourth-order valence-corrected chi connectivity index (χ4v) is 1.56. The van der Waals surface area contributed by atoms with Gasteiger partial charge in [0.15, 0.2) is 5.78 Å². The van der Waals surface area contributed by atoms with Crippen LogP contribution in [-0.4, -0.2) is 16.7 Å². The molecule has 0 bridgehead atoms. The Kier molecular flexibility index (Phi) is 2.25. The van der Waals surface area contributed by atoms with E-state index in [0.29, 0.717) is 5.56 Å². The highest BCUT2D eigenvalue weighted by molar-refractivity contribution is 6.13. The minimum absolute atomic E-state index is 0.248. The molecular weight excluding hydrogens is 192 g/mol. The average Bonchev–Trinajstić information content (AvgIpc) is 2.59. The van der Waals surface area contributed by atoms with Crippen LogP contribution in [0.15, 0.2) is 30.5 Å². The zero-order valence-corrected chi connectivity index (χ0v) is 7.99. The van der Waals surface area contributed by atoms with E-state index in [0.717, 1.165) is 10.9 Å². The number of aromatic nitrogens is 1. The summed E-state index contributed by atoms with van der Waals surface area (Å²) in [5.74, 6) is -0.856. The SMILES string of the molecule is NC(=O)CC(=O)c1c[nH]c2ccccc12. The van der Waals surface area contributed by atoms with Crippen LogP contribution < -0.4 is 5.73 Å². The first-order valence-corrected chi connectivity index (χ1v) is 4.56. The highest BCUT2D eigenvalue weighted by Crippen LogP contribution is 2.18. The first-order valence-electron chi connectivity index (χ1n) is 4.56. The van der Waals surface area contributed by atoms with Gasteiger partial charge < -0.3 is 10.7 Å². The van der Waals surface area contributed by atoms with Gasteiger partial charge in [0.05, 0.1) is 6.42 Å². The Hall–Kier alpha value is -2.10. The van der Waals surface area contributed by atoms with Gasteiger partial charge in [-0.15, -0.1) is 0 Å². The Morgan fingerprint density at radius 1 is 1.27 bits per heavy atom. The van der Waals surface area contributed by atoms with Crippen LogP contribution in [0.3, 0.4) is 0 Å². The van der Waals surface area contributed by atoms with Gasteiger partial charge in [0, 0.05) is 22.7 Å². The quantitative estimate of drug-likeness (QED) is 0.580. The zero-order chi connectivity index (χ0) is 10.8. The third-order valence-corrected chi connectivity index (χ3v) is 2.22. The normalized spacial score (nSPS) is 10.4. The van der Waals surface area contributed by atoms with Crippen molar-refractivity contribution in [3.05, 3.63) is 36.0 Å². The number of primary amides is 1. The fourth-order valence-electron chi connectivity index (χ4n) is 1.56. The Morgan fingerprint density at radius 3 is 2.73 bits per heavy atom. The van der Waals surface area contributed by atoms with Crippen molar-refractivity contribution in [2.75, 3.05) is 0 Å². The molecule has 0 aliphatic carbocycles. The average molecular weight is 202 g/mol. The van der Waals surface area contributed by atoms with Crippen LogP contribution >= 0.6 is 0 Å². The van der Waals surface area contributed by atoms with Gasteiger partial charge in [-0.1, -0.05) is 18.2 Å². The molecule has 0 radical (unpaired) electrons. The summed E-state index contributed by atoms with van der Waals surface area (Å²) in [6.07, 6.45) is 1.36. The molecule has 0 aliphatic rings. The van der Waals surface area contributed by atoms with Crippen LogP contribution in [0.25, 0.3) is 10.9 Å². The monoisotopic (exact) mass is 202 g/mol. The summed E-state index contributed by atoms with van der Waals surface area (Å²) in [6.45, 7) is 0. The Balaban J connectivity index is 2.44. The second-order valence-electron chi connectivity index (χ2n) is 3.31. The van der Waals surface area contributed by atoms with Crippen molar-refractivity contribution in [2.45, 2.75) is 6.42 Å². The number of benzene rings is 1. The second-order valence-corrected chi connectivity index (χ2v) is 3.31. The molecule has 1 amide bonds. The number of fused-ring (bicyclic) bond motifs is 1. The van der Waals surface area contributed by atoms with Crippen LogP contribution in [0.1, 0.15) is 16.8 Å². The fraction of sp³-hybridized carbons (Fsp3) is 0.0909. The number of carbonyl (C=O) groups excluding carboxylic acids is 2. The minimum atomic E-state index is -0.606. The first kappa shape index (κ1) is 9.45. The highest BCUT2D eigenvalue weighted by Gasteiger charge is 2.13. The molecule has 0 saturated heterocycles. The van der Waals surface area contributed by atoms with Gasteiger partial charge in [-0.25, -0.2) is 0 Å². The van der Waals surface area contributed by atoms with Gasteiger partial charge in [-0.2, -0.15) is 0 Å². The Labute approximate surface area is 86.1 Å². The maximum atomic E-state index is 11.6. The van der Waals surface area contributed by atoms with Crippen LogP contribution in [0.2, 0.25) is 0 Å². The molecule has 0 unspecified atom stereocenters. The maximum absolute atomic E-state index is 11.6. The number of aromatic amines is 1. The minimum Gasteiger partial charge on any atom is -0.369 e. The van der Waals surface area contributed by atoms with Gasteiger partial charge in [0.25, 0.3) is 0 Å². The van der Waals surface area contributed by atoms with Crippen molar-refractivity contribution in [1.29, 1.82) is 0 Å². The van der Waals surface area contributed by atoms with Gasteiger partial charge in [0.1, 0.15) is 0 Å². The summed E-state index contributed by atoms with van der Waals surface area (Å²) >= 11 is 0. The lowest BCUT2D eigenvalue weighted by Gasteiger charge is -1.95. The largest absolute Gasteiger partial charge is 0.369 e. The number of carbonyl (C=O) groups is 2. The number of nitrogens with two attached hydrogens (primary N) is 1. The molecule has 1 aromatic heterocycles. The third-order valence-electron chi connectivity index (χ3n) is 2.22. The van der Waals surface area contributed by atoms with Crippen molar-refractivity contribution in [1.82, 2.24) is 4.98 Å². The van der Waals surface area contributed by atoms with E-state index in [-0.39, 0.29) is 12.2 Å². The number of para-hydroxylation sites is 1. The van der Waals surface area contributed by atoms with E-state index in [1.807, 2.05) is 24.3 Å². The molecule has 1 aromatic carbocycles. The number of ketones is 1. The number of hydrogen-bond donors (Lipinski definition) is 2. The summed E-state index contributed by atoms with van der Waals surface area (Å²) in [5.41, 5.74) is 6.37. The molecule has 2 rings (SSSR count). The van der Waals surface area contributed by atoms with E-state index >= 15 is 0 Å². The third kappa shape index (κ3) is 1.74. The van der Waals surface area contributed by atoms with Gasteiger partial charge in [-0.05, 0) is 6.07 Å². The molecule has 0 spiro atoms. The van der Waals surface area contributed by atoms with E-state index in [2.05, 4.69) is 4.98 Å². The molecule has 1 heterocycles. The van der Waals surface area contributed by atoms with Crippen molar-refractivity contribution in [2.24, 2.45) is 5.73 Å². The Morgan fingerprint density at radius 2 is 2.00 bits per heavy atom. The lowest BCUT2D eigenvalue weighted by atomic mass is 10.1. The first-order chi connectivity index (χ1) is 7.18. The molecule has 3 N–H and O–H groups in total. The van der Waals surface area contributed by atoms with Gasteiger partial charge in [0.2, 0.25) is 5.91 Å². The van der Waals surface area contributed by atoms with Crippen molar-refractivity contribution >= 4 is 22.6 Å². The number of amides is 1. The molecular formula is C11H10N2O2. The predicted molar refractivity (Wildman–Crippen MR) is 56.4 cm³/mol. The Bertz CT molecular complexity index is 528. The number of H-pyrrole nitrogens is 1. The summed E-state index contributed by atoms with van der Waals surface area (Å²) < 4.78 is 0. The van der Waals surface area contributed by atoms with Crippen LogP contribution in [0, 0.1) is 0 Å². The maximum Gasteiger partial charge on any atom is 0.225 e. The number of rotatable bonds is 3. The van der Waals surface area contributed by atoms with Crippen molar-refractivity contribution in [3.63, 3.8) is 0 Å². The topological polar surface area (TPSA) is 76.0 Å². The molecule has 4 heteroatoms. The van der Waals surface area contributed by atoms with Crippen LogP contribution in [-0.2, 0) is 4.79 Å². The van der Waals surface area contributed by atoms with E-state index in [9.17, 15) is 9.59 Å². The van der Waals surface area contributed by atoms with E-state index in [1.54, 1.807) is 6.20 Å². The number of nitrogens with one attached hydrogen (secondary N) is 1. The molecule has 15 heavy (non-hydrogen) atoms. The molecule has 76 valence electrons. The summed E-state index contributed by atoms with van der Waals surface area (Å²) in [4.78, 5) is 25.2. The summed E-state index contributed by atoms with van der Waals surface area (Å²) in [7, 11) is 0. The zero-order valence-electron chi connectivity index (χ0n) is 7.99. The smallest absolute Gasteiger partial charge is 0.225 e. The molecule has 4 nitrogen and oxygen atoms in total. The van der Waals surface area contributed by atoms with Gasteiger partial charge >= 0.3 is 0 Å². The van der Waals surface area contributed by atoms with Crippen LogP contribution in [0.5, 0.6) is 0 Å². The number of Topliss-reactive ketones (excluding diaryl/α,β-unsaturated/α-hetero) is 1. The van der Waals surface area contributed by atoms with Gasteiger partial charge in [-0.3, -0.25) is 9.59 Å². The molecule has 0 atom stereocenters. The second kappa shape index (κ2) is 3.57. The van der Waals surface area contributed by atoms with E-state index in [4.69, 9.17) is 5.73 Å².